The van der Waals surface area contributed by atoms with Gasteiger partial charge in [-0.1, -0.05) is 48.0 Å². The Kier molecular flexibility index (Phi) is 11.5. The van der Waals surface area contributed by atoms with Gasteiger partial charge in [-0.15, -0.1) is 0 Å². The second kappa shape index (κ2) is 14.1. The topological polar surface area (TPSA) is 64.3 Å². The van der Waals surface area contributed by atoms with Crippen molar-refractivity contribution >= 4 is 6.03 Å². The number of carbonyl (C=O) groups excluding carboxylic acids is 1. The minimum absolute atomic E-state index is 0.0700. The zero-order chi connectivity index (χ0) is 30.8. The molecule has 0 bridgehead atoms. The molecule has 3 N–H and O–H groups in total. The summed E-state index contributed by atoms with van der Waals surface area (Å²) in [6, 6.07) is 17.1. The number of rotatable bonds is 6. The molecule has 41 heavy (non-hydrogen) atoms. The van der Waals surface area contributed by atoms with Gasteiger partial charge in [-0.2, -0.15) is 30.7 Å². The van der Waals surface area contributed by atoms with E-state index in [-0.39, 0.29) is 24.8 Å². The normalized spacial score (nSPS) is 14.0. The van der Waals surface area contributed by atoms with Crippen LogP contribution in [0.3, 0.4) is 0 Å². The van der Waals surface area contributed by atoms with Crippen molar-refractivity contribution in [3.63, 3.8) is 0 Å². The van der Waals surface area contributed by atoms with Crippen LogP contribution >= 0.6 is 0 Å². The highest BCUT2D eigenvalue weighted by Crippen LogP contribution is 2.44. The highest BCUT2D eigenvalue weighted by molar-refractivity contribution is 5.73. The molecule has 0 saturated heterocycles. The molecule has 0 radical (unpaired) electrons. The van der Waals surface area contributed by atoms with E-state index in [0.29, 0.717) is 18.1 Å². The van der Waals surface area contributed by atoms with Gasteiger partial charge in [0.25, 0.3) is 0 Å². The van der Waals surface area contributed by atoms with Crippen LogP contribution in [-0.4, -0.2) is 30.3 Å². The Morgan fingerprint density at radius 2 is 1.49 bits per heavy atom. The Labute approximate surface area is 230 Å². The molecule has 3 aromatic rings. The molecular formula is C28H27F9N2O2. The molecule has 4 nitrogen and oxygen atoms in total. The van der Waals surface area contributed by atoms with E-state index in [2.05, 4.69) is 29.5 Å². The predicted octanol–water partition coefficient (Wildman–Crippen LogP) is 7.93. The molecule has 3 aromatic carbocycles. The average molecular weight is 595 g/mol. The van der Waals surface area contributed by atoms with Crippen LogP contribution in [0.25, 0.3) is 0 Å². The number of nitrogens with one attached hydrogen (secondary N) is 1. The Hall–Kier alpha value is -3.90. The summed E-state index contributed by atoms with van der Waals surface area (Å²) >= 11 is 0. The summed E-state index contributed by atoms with van der Waals surface area (Å²) in [5.74, 6) is -2.06. The molecule has 0 heterocycles. The molecule has 1 fully saturated rings. The van der Waals surface area contributed by atoms with Crippen molar-refractivity contribution < 1.29 is 49.0 Å². The number of ether oxygens (including phenoxy) is 1. The smallest absolute Gasteiger partial charge is 0.428 e. The molecule has 13 heteroatoms. The largest absolute Gasteiger partial charge is 0.461 e. The molecule has 4 rings (SSSR count). The third-order valence-electron chi connectivity index (χ3n) is 5.81. The quantitative estimate of drug-likeness (QED) is 0.285. The van der Waals surface area contributed by atoms with Crippen molar-refractivity contribution in [2.75, 3.05) is 0 Å². The van der Waals surface area contributed by atoms with Crippen molar-refractivity contribution in [3.05, 3.63) is 101 Å². The second-order valence-electron chi connectivity index (χ2n) is 9.14. The van der Waals surface area contributed by atoms with E-state index in [0.717, 1.165) is 12.1 Å². The van der Waals surface area contributed by atoms with Crippen LogP contribution in [0.15, 0.2) is 72.8 Å². The number of amides is 2. The number of benzene rings is 3. The molecule has 1 aliphatic rings. The summed E-state index contributed by atoms with van der Waals surface area (Å²) < 4.78 is 117. The van der Waals surface area contributed by atoms with Crippen LogP contribution in [0.4, 0.5) is 44.3 Å². The van der Waals surface area contributed by atoms with Gasteiger partial charge in [-0.05, 0) is 68.0 Å². The Morgan fingerprint density at radius 3 is 1.88 bits per heavy atom. The van der Waals surface area contributed by atoms with Crippen LogP contribution in [0.2, 0.25) is 0 Å². The van der Waals surface area contributed by atoms with E-state index in [1.54, 1.807) is 5.32 Å². The number of halogens is 9. The molecule has 224 valence electrons. The standard InChI is InChI=1S/C15H10F6O.C7H8.C6H9F3N2O/c16-11-3-1-9(2-4-11)5-10-6-12(17)8-13(7-10)22-15(20,21)14(18)19;1-7-5-3-2-4-6-7;7-6(8,9)5(2-1-3-5)11-4(10)12/h1-4,6-8,14H,5H2;2-6H,1H3;1-3H2,(H3,10,11,12). The number of alkyl halides is 7. The molecule has 1 saturated carbocycles. The lowest BCUT2D eigenvalue weighted by atomic mass is 9.76. The van der Waals surface area contributed by atoms with Crippen molar-refractivity contribution in [1.82, 2.24) is 5.32 Å². The fourth-order valence-corrected chi connectivity index (χ4v) is 3.60. The van der Waals surface area contributed by atoms with Crippen LogP contribution in [0, 0.1) is 18.6 Å². The highest BCUT2D eigenvalue weighted by atomic mass is 19.4. The fraction of sp³-hybridized carbons (Fsp3) is 0.321. The maximum absolute atomic E-state index is 13.4. The summed E-state index contributed by atoms with van der Waals surface area (Å²) in [6.45, 7) is 2.08. The highest BCUT2D eigenvalue weighted by Gasteiger charge is 2.59. The van der Waals surface area contributed by atoms with Crippen LogP contribution in [0.5, 0.6) is 5.75 Å². The van der Waals surface area contributed by atoms with Gasteiger partial charge in [-0.3, -0.25) is 0 Å². The molecular weight excluding hydrogens is 567 g/mol. The van der Waals surface area contributed by atoms with E-state index in [4.69, 9.17) is 0 Å². The average Bonchev–Trinajstić information content (AvgIpc) is 2.82. The first-order valence-electron chi connectivity index (χ1n) is 12.1. The van der Waals surface area contributed by atoms with Gasteiger partial charge in [0, 0.05) is 6.07 Å². The number of carbonyl (C=O) groups is 1. The molecule has 0 unspecified atom stereocenters. The predicted molar refractivity (Wildman–Crippen MR) is 134 cm³/mol. The van der Waals surface area contributed by atoms with E-state index in [1.807, 2.05) is 18.2 Å². The third kappa shape index (κ3) is 10.5. The monoisotopic (exact) mass is 594 g/mol. The first-order chi connectivity index (χ1) is 19.0. The SMILES string of the molecule is Cc1ccccc1.Fc1ccc(Cc2cc(F)cc(OC(F)(F)C(F)F)c2)cc1.NC(=O)NC1(C(F)(F)F)CCC1. The molecule has 1 aliphatic carbocycles. The van der Waals surface area contributed by atoms with Gasteiger partial charge < -0.3 is 15.8 Å². The summed E-state index contributed by atoms with van der Waals surface area (Å²) in [4.78, 5) is 10.3. The van der Waals surface area contributed by atoms with Gasteiger partial charge in [0.1, 0.15) is 22.9 Å². The Balaban J connectivity index is 0.000000256. The summed E-state index contributed by atoms with van der Waals surface area (Å²) in [7, 11) is 0. The minimum Gasteiger partial charge on any atom is -0.428 e. The second-order valence-corrected chi connectivity index (χ2v) is 9.14. The van der Waals surface area contributed by atoms with Crippen molar-refractivity contribution in [3.8, 4) is 5.75 Å². The molecule has 0 atom stereocenters. The first kappa shape index (κ1) is 33.3. The van der Waals surface area contributed by atoms with E-state index < -0.39 is 47.7 Å². The van der Waals surface area contributed by atoms with Gasteiger partial charge in [-0.25, -0.2) is 13.6 Å². The van der Waals surface area contributed by atoms with E-state index in [9.17, 15) is 44.3 Å². The minimum atomic E-state index is -4.71. The lowest BCUT2D eigenvalue weighted by Gasteiger charge is -2.42. The molecule has 0 aliphatic heterocycles. The number of aryl methyl sites for hydroxylation is 1. The maximum atomic E-state index is 13.4. The number of nitrogens with two attached hydrogens (primary N) is 1. The van der Waals surface area contributed by atoms with E-state index in [1.165, 1.54) is 29.8 Å². The van der Waals surface area contributed by atoms with Crippen LogP contribution < -0.4 is 15.8 Å². The third-order valence-corrected chi connectivity index (χ3v) is 5.81. The van der Waals surface area contributed by atoms with Crippen LogP contribution in [0.1, 0.15) is 36.0 Å². The number of primary amides is 1. The van der Waals surface area contributed by atoms with Gasteiger partial charge in [0.15, 0.2) is 0 Å². The number of urea groups is 1. The summed E-state index contributed by atoms with van der Waals surface area (Å²) in [5.41, 5.74) is 4.74. The van der Waals surface area contributed by atoms with E-state index >= 15 is 0 Å². The summed E-state index contributed by atoms with van der Waals surface area (Å²) in [5, 5.41) is 1.75. The summed E-state index contributed by atoms with van der Waals surface area (Å²) in [6.07, 6.45) is -12.7. The van der Waals surface area contributed by atoms with Crippen molar-refractivity contribution in [2.24, 2.45) is 5.73 Å². The molecule has 2 amide bonds. The first-order valence-corrected chi connectivity index (χ1v) is 12.1. The number of hydrogen-bond donors (Lipinski definition) is 2. The van der Waals surface area contributed by atoms with Crippen molar-refractivity contribution in [1.29, 1.82) is 0 Å². The fourth-order valence-electron chi connectivity index (χ4n) is 3.60. The zero-order valence-electron chi connectivity index (χ0n) is 21.6. The van der Waals surface area contributed by atoms with Gasteiger partial charge >= 0.3 is 24.7 Å². The maximum Gasteiger partial charge on any atom is 0.461 e. The Morgan fingerprint density at radius 1 is 0.902 bits per heavy atom. The van der Waals surface area contributed by atoms with Gasteiger partial charge in [0.2, 0.25) is 0 Å². The number of hydrogen-bond acceptors (Lipinski definition) is 2. The van der Waals surface area contributed by atoms with Crippen LogP contribution in [-0.2, 0) is 6.42 Å². The lowest BCUT2D eigenvalue weighted by Crippen LogP contribution is -2.64. The Bertz CT molecular complexity index is 1250. The molecule has 0 aromatic heterocycles. The lowest BCUT2D eigenvalue weighted by molar-refractivity contribution is -0.253. The van der Waals surface area contributed by atoms with Crippen molar-refractivity contribution in [2.45, 2.75) is 56.9 Å². The molecule has 0 spiro atoms. The zero-order valence-corrected chi connectivity index (χ0v) is 21.6. The van der Waals surface area contributed by atoms with Gasteiger partial charge in [0.05, 0.1) is 0 Å².